The number of carboxylic acid groups (broad SMARTS) is 1. The van der Waals surface area contributed by atoms with Gasteiger partial charge in [-0.25, -0.2) is 0 Å². The molecule has 1 saturated heterocycles. The number of carbonyl (C=O) groups is 1. The van der Waals surface area contributed by atoms with E-state index in [0.717, 1.165) is 19.4 Å². The zero-order valence-corrected chi connectivity index (χ0v) is 9.86. The van der Waals surface area contributed by atoms with E-state index in [-0.39, 0.29) is 12.5 Å². The summed E-state index contributed by atoms with van der Waals surface area (Å²) in [4.78, 5) is 13.0. The van der Waals surface area contributed by atoms with Crippen molar-refractivity contribution in [3.05, 3.63) is 0 Å². The van der Waals surface area contributed by atoms with E-state index in [2.05, 4.69) is 18.7 Å². The summed E-state index contributed by atoms with van der Waals surface area (Å²) in [5.74, 6) is -0.242. The lowest BCUT2D eigenvalue weighted by Crippen LogP contribution is -2.52. The molecule has 0 aromatic rings. The standard InChI is InChI=1S/C11H22N2O2/c1-8(2)6-9-11(12,7-10(14)15)4-5-13(9)3/h8-9H,4-7,12H2,1-3H3,(H,14,15). The molecule has 0 amide bonds. The molecule has 88 valence electrons. The third kappa shape index (κ3) is 2.92. The Morgan fingerprint density at radius 1 is 1.67 bits per heavy atom. The van der Waals surface area contributed by atoms with Crippen LogP contribution in [0.3, 0.4) is 0 Å². The first-order valence-corrected chi connectivity index (χ1v) is 5.56. The zero-order chi connectivity index (χ0) is 11.6. The summed E-state index contributed by atoms with van der Waals surface area (Å²) in [5, 5.41) is 8.88. The summed E-state index contributed by atoms with van der Waals surface area (Å²) in [6.07, 6.45) is 1.84. The third-order valence-corrected chi connectivity index (χ3v) is 3.30. The quantitative estimate of drug-likeness (QED) is 0.730. The first-order chi connectivity index (χ1) is 6.85. The number of hydrogen-bond donors (Lipinski definition) is 2. The van der Waals surface area contributed by atoms with Gasteiger partial charge in [0.15, 0.2) is 0 Å². The maximum atomic E-state index is 10.8. The number of aliphatic carboxylic acids is 1. The van der Waals surface area contributed by atoms with Crippen molar-refractivity contribution < 1.29 is 9.90 Å². The smallest absolute Gasteiger partial charge is 0.305 e. The highest BCUT2D eigenvalue weighted by Gasteiger charge is 2.44. The van der Waals surface area contributed by atoms with E-state index in [1.165, 1.54) is 0 Å². The van der Waals surface area contributed by atoms with Crippen molar-refractivity contribution in [3.8, 4) is 0 Å². The molecular formula is C11H22N2O2. The second-order valence-corrected chi connectivity index (χ2v) is 5.18. The third-order valence-electron chi connectivity index (χ3n) is 3.30. The van der Waals surface area contributed by atoms with E-state index in [9.17, 15) is 4.79 Å². The van der Waals surface area contributed by atoms with Crippen molar-refractivity contribution >= 4 is 5.97 Å². The van der Waals surface area contributed by atoms with Crippen LogP contribution in [0, 0.1) is 5.92 Å². The van der Waals surface area contributed by atoms with Crippen LogP contribution in [0.5, 0.6) is 0 Å². The largest absolute Gasteiger partial charge is 0.481 e. The molecule has 2 atom stereocenters. The normalized spacial score (nSPS) is 32.5. The van der Waals surface area contributed by atoms with Gasteiger partial charge in [-0.2, -0.15) is 0 Å². The Balaban J connectivity index is 2.73. The monoisotopic (exact) mass is 214 g/mol. The molecule has 4 heteroatoms. The molecule has 0 bridgehead atoms. The average molecular weight is 214 g/mol. The summed E-state index contributed by atoms with van der Waals surface area (Å²) in [6.45, 7) is 5.20. The Labute approximate surface area is 91.4 Å². The van der Waals surface area contributed by atoms with E-state index in [1.807, 2.05) is 7.05 Å². The lowest BCUT2D eigenvalue weighted by atomic mass is 9.83. The molecule has 3 N–H and O–H groups in total. The molecule has 2 unspecified atom stereocenters. The predicted molar refractivity (Wildman–Crippen MR) is 59.7 cm³/mol. The minimum Gasteiger partial charge on any atom is -0.481 e. The SMILES string of the molecule is CC(C)CC1N(C)CCC1(N)CC(=O)O. The van der Waals surface area contributed by atoms with Crippen LogP contribution in [0.2, 0.25) is 0 Å². The Morgan fingerprint density at radius 2 is 2.27 bits per heavy atom. The minimum absolute atomic E-state index is 0.0781. The number of hydrogen-bond acceptors (Lipinski definition) is 3. The van der Waals surface area contributed by atoms with Gasteiger partial charge in [0.05, 0.1) is 6.42 Å². The van der Waals surface area contributed by atoms with E-state index in [1.54, 1.807) is 0 Å². The molecule has 0 aromatic carbocycles. The minimum atomic E-state index is -0.790. The molecule has 1 aliphatic rings. The van der Waals surface area contributed by atoms with Crippen LogP contribution in [-0.4, -0.2) is 41.1 Å². The molecule has 0 aromatic heterocycles. The molecule has 0 aliphatic carbocycles. The zero-order valence-electron chi connectivity index (χ0n) is 9.86. The fourth-order valence-corrected chi connectivity index (χ4v) is 2.49. The van der Waals surface area contributed by atoms with Crippen LogP contribution >= 0.6 is 0 Å². The number of nitrogens with two attached hydrogens (primary N) is 1. The van der Waals surface area contributed by atoms with E-state index in [0.29, 0.717) is 5.92 Å². The first kappa shape index (κ1) is 12.5. The molecule has 1 heterocycles. The molecule has 0 spiro atoms. The highest BCUT2D eigenvalue weighted by molar-refractivity contribution is 5.68. The van der Waals surface area contributed by atoms with E-state index < -0.39 is 11.5 Å². The van der Waals surface area contributed by atoms with Gasteiger partial charge in [-0.15, -0.1) is 0 Å². The predicted octanol–water partition coefficient (Wildman–Crippen LogP) is 0.909. The van der Waals surface area contributed by atoms with Gasteiger partial charge in [-0.3, -0.25) is 4.79 Å². The highest BCUT2D eigenvalue weighted by Crippen LogP contribution is 2.32. The van der Waals surface area contributed by atoms with Crippen molar-refractivity contribution in [2.45, 2.75) is 44.7 Å². The van der Waals surface area contributed by atoms with Gasteiger partial charge < -0.3 is 15.7 Å². The van der Waals surface area contributed by atoms with Gasteiger partial charge in [-0.05, 0) is 25.8 Å². The van der Waals surface area contributed by atoms with Crippen LogP contribution in [-0.2, 0) is 4.79 Å². The summed E-state index contributed by atoms with van der Waals surface area (Å²) in [5.41, 5.74) is 5.68. The van der Waals surface area contributed by atoms with Crippen LogP contribution in [0.15, 0.2) is 0 Å². The van der Waals surface area contributed by atoms with Gasteiger partial charge in [-0.1, -0.05) is 13.8 Å². The van der Waals surface area contributed by atoms with Crippen LogP contribution < -0.4 is 5.73 Å². The van der Waals surface area contributed by atoms with Crippen molar-refractivity contribution in [1.82, 2.24) is 4.90 Å². The maximum Gasteiger partial charge on any atom is 0.305 e. The van der Waals surface area contributed by atoms with Crippen LogP contribution in [0.4, 0.5) is 0 Å². The molecule has 1 aliphatic heterocycles. The van der Waals surface area contributed by atoms with Gasteiger partial charge >= 0.3 is 5.97 Å². The maximum absolute atomic E-state index is 10.8. The second kappa shape index (κ2) is 4.49. The van der Waals surface area contributed by atoms with Gasteiger partial charge in [0, 0.05) is 18.1 Å². The molecule has 0 saturated carbocycles. The van der Waals surface area contributed by atoms with Crippen molar-refractivity contribution in [3.63, 3.8) is 0 Å². The summed E-state index contributed by atoms with van der Waals surface area (Å²) in [6, 6.07) is 0.202. The Kier molecular flexibility index (Phi) is 3.73. The van der Waals surface area contributed by atoms with E-state index in [4.69, 9.17) is 10.8 Å². The second-order valence-electron chi connectivity index (χ2n) is 5.18. The molecule has 15 heavy (non-hydrogen) atoms. The number of nitrogens with zero attached hydrogens (tertiary/aromatic N) is 1. The summed E-state index contributed by atoms with van der Waals surface area (Å²) in [7, 11) is 2.03. The Bertz CT molecular complexity index is 243. The Morgan fingerprint density at radius 3 is 2.73 bits per heavy atom. The molecule has 4 nitrogen and oxygen atoms in total. The number of likely N-dealkylation sites (N-methyl/N-ethyl adjacent to an activating group) is 1. The topological polar surface area (TPSA) is 66.6 Å². The molecule has 0 radical (unpaired) electrons. The van der Waals surface area contributed by atoms with Gasteiger partial charge in [0.2, 0.25) is 0 Å². The average Bonchev–Trinajstić information content (AvgIpc) is 2.31. The lowest BCUT2D eigenvalue weighted by Gasteiger charge is -2.34. The molecular weight excluding hydrogens is 192 g/mol. The van der Waals surface area contributed by atoms with Crippen molar-refractivity contribution in [2.24, 2.45) is 11.7 Å². The molecule has 1 fully saturated rings. The Hall–Kier alpha value is -0.610. The number of likely N-dealkylation sites (tertiary alicyclic amines) is 1. The fourth-order valence-electron chi connectivity index (χ4n) is 2.49. The summed E-state index contributed by atoms with van der Waals surface area (Å²) < 4.78 is 0. The fraction of sp³-hybridized carbons (Fsp3) is 0.909. The lowest BCUT2D eigenvalue weighted by molar-refractivity contribution is -0.138. The first-order valence-electron chi connectivity index (χ1n) is 5.56. The van der Waals surface area contributed by atoms with Crippen LogP contribution in [0.25, 0.3) is 0 Å². The van der Waals surface area contributed by atoms with Crippen molar-refractivity contribution in [2.75, 3.05) is 13.6 Å². The number of rotatable bonds is 4. The van der Waals surface area contributed by atoms with Crippen molar-refractivity contribution in [1.29, 1.82) is 0 Å². The number of carboxylic acids is 1. The molecule has 1 rings (SSSR count). The van der Waals surface area contributed by atoms with Gasteiger partial charge in [0.1, 0.15) is 0 Å². The van der Waals surface area contributed by atoms with Gasteiger partial charge in [0.25, 0.3) is 0 Å². The van der Waals surface area contributed by atoms with E-state index >= 15 is 0 Å². The summed E-state index contributed by atoms with van der Waals surface area (Å²) >= 11 is 0. The highest BCUT2D eigenvalue weighted by atomic mass is 16.4. The van der Waals surface area contributed by atoms with Crippen LogP contribution in [0.1, 0.15) is 33.1 Å².